The molecular formula is C17H28N4O. The number of likely N-dealkylation sites (tertiary alicyclic amines) is 2. The number of carbonyl (C=O) groups excluding carboxylic acids is 1. The van der Waals surface area contributed by atoms with Crippen molar-refractivity contribution in [3.63, 3.8) is 0 Å². The zero-order valence-corrected chi connectivity index (χ0v) is 14.5. The fourth-order valence-electron chi connectivity index (χ4n) is 4.07. The first-order valence-electron chi connectivity index (χ1n) is 8.40. The number of rotatable bonds is 3. The lowest BCUT2D eigenvalue weighted by molar-refractivity contribution is -0.137. The molecule has 2 atom stereocenters. The number of amides is 1. The number of nitrogens with zero attached hydrogens (tertiary/aromatic N) is 4. The second-order valence-corrected chi connectivity index (χ2v) is 7.30. The highest BCUT2D eigenvalue weighted by Gasteiger charge is 2.41. The number of aryl methyl sites for hydroxylation is 1. The summed E-state index contributed by atoms with van der Waals surface area (Å²) in [5.74, 6) is 1.09. The summed E-state index contributed by atoms with van der Waals surface area (Å²) in [7, 11) is 1.93. The highest BCUT2D eigenvalue weighted by molar-refractivity contribution is 5.80. The quantitative estimate of drug-likeness (QED) is 0.857. The first-order valence-corrected chi connectivity index (χ1v) is 8.40. The van der Waals surface area contributed by atoms with Gasteiger partial charge in [-0.05, 0) is 40.0 Å². The minimum Gasteiger partial charge on any atom is -0.345 e. The van der Waals surface area contributed by atoms with Crippen molar-refractivity contribution in [2.75, 3.05) is 26.7 Å². The zero-order valence-electron chi connectivity index (χ0n) is 14.5. The summed E-state index contributed by atoms with van der Waals surface area (Å²) >= 11 is 0. The van der Waals surface area contributed by atoms with Crippen molar-refractivity contribution >= 4 is 5.91 Å². The van der Waals surface area contributed by atoms with Gasteiger partial charge in [0.15, 0.2) is 0 Å². The van der Waals surface area contributed by atoms with Gasteiger partial charge in [-0.3, -0.25) is 14.4 Å². The molecule has 0 N–H and O–H groups in total. The van der Waals surface area contributed by atoms with Crippen LogP contribution in [0.3, 0.4) is 0 Å². The van der Waals surface area contributed by atoms with Gasteiger partial charge in [-0.1, -0.05) is 0 Å². The number of fused-ring (bicyclic) bond motifs is 1. The molecule has 0 radical (unpaired) electrons. The number of hydrogen-bond acceptors (Lipinski definition) is 3. The maximum Gasteiger partial charge on any atom is 0.227 e. The van der Waals surface area contributed by atoms with E-state index in [0.29, 0.717) is 17.9 Å². The molecule has 0 aliphatic carbocycles. The van der Waals surface area contributed by atoms with Crippen LogP contribution in [0.4, 0.5) is 0 Å². The molecule has 22 heavy (non-hydrogen) atoms. The minimum atomic E-state index is 0.208. The van der Waals surface area contributed by atoms with Crippen molar-refractivity contribution in [3.05, 3.63) is 17.0 Å². The van der Waals surface area contributed by atoms with E-state index in [1.54, 1.807) is 0 Å². The van der Waals surface area contributed by atoms with Crippen LogP contribution in [0, 0.1) is 25.7 Å². The van der Waals surface area contributed by atoms with Crippen LogP contribution in [-0.4, -0.2) is 52.2 Å². The van der Waals surface area contributed by atoms with Crippen molar-refractivity contribution in [1.29, 1.82) is 0 Å². The molecule has 5 heteroatoms. The molecule has 2 aliphatic rings. The molecule has 122 valence electrons. The third-order valence-corrected chi connectivity index (χ3v) is 5.39. The lowest BCUT2D eigenvalue weighted by Gasteiger charge is -2.30. The third-order valence-electron chi connectivity index (χ3n) is 5.39. The van der Waals surface area contributed by atoms with Crippen molar-refractivity contribution in [2.24, 2.45) is 11.8 Å². The average Bonchev–Trinajstić information content (AvgIpc) is 2.99. The molecule has 0 bridgehead atoms. The van der Waals surface area contributed by atoms with E-state index in [9.17, 15) is 4.79 Å². The van der Waals surface area contributed by atoms with Crippen LogP contribution in [0.15, 0.2) is 0 Å². The third kappa shape index (κ3) is 2.56. The Morgan fingerprint density at radius 2 is 2.00 bits per heavy atom. The van der Waals surface area contributed by atoms with Crippen LogP contribution >= 0.6 is 0 Å². The SMILES string of the molecule is Cc1nn(C(C)C)c(C)c1CN1C[C@H]2CCN(C)C(=O)[C@H]2C1. The molecule has 0 aromatic carbocycles. The lowest BCUT2D eigenvalue weighted by atomic mass is 9.88. The van der Waals surface area contributed by atoms with E-state index in [-0.39, 0.29) is 5.92 Å². The maximum absolute atomic E-state index is 12.3. The summed E-state index contributed by atoms with van der Waals surface area (Å²) in [6.07, 6.45) is 1.15. The topological polar surface area (TPSA) is 41.4 Å². The first-order chi connectivity index (χ1) is 10.4. The smallest absolute Gasteiger partial charge is 0.227 e. The molecule has 2 fully saturated rings. The predicted molar refractivity (Wildman–Crippen MR) is 86.6 cm³/mol. The molecular weight excluding hydrogens is 276 g/mol. The zero-order chi connectivity index (χ0) is 16.0. The van der Waals surface area contributed by atoms with Crippen LogP contribution in [0.25, 0.3) is 0 Å². The molecule has 1 aromatic rings. The van der Waals surface area contributed by atoms with Gasteiger partial charge in [0, 0.05) is 50.5 Å². The van der Waals surface area contributed by atoms with E-state index in [1.165, 1.54) is 11.3 Å². The van der Waals surface area contributed by atoms with E-state index >= 15 is 0 Å². The Morgan fingerprint density at radius 1 is 1.27 bits per heavy atom. The summed E-state index contributed by atoms with van der Waals surface area (Å²) in [4.78, 5) is 16.7. The summed E-state index contributed by atoms with van der Waals surface area (Å²) in [6.45, 7) is 12.4. The van der Waals surface area contributed by atoms with E-state index in [4.69, 9.17) is 0 Å². The standard InChI is InChI=1S/C17H28N4O/c1-11(2)21-13(4)15(12(3)18-21)9-20-8-14-6-7-19(5)17(22)16(14)10-20/h11,14,16H,6-10H2,1-5H3/t14-,16+/m1/s1. The highest BCUT2D eigenvalue weighted by atomic mass is 16.2. The molecule has 2 saturated heterocycles. The van der Waals surface area contributed by atoms with Gasteiger partial charge in [0.05, 0.1) is 11.6 Å². The van der Waals surface area contributed by atoms with Crippen molar-refractivity contribution in [1.82, 2.24) is 19.6 Å². The Bertz CT molecular complexity index is 577. The highest BCUT2D eigenvalue weighted by Crippen LogP contribution is 2.33. The van der Waals surface area contributed by atoms with Crippen LogP contribution in [0.5, 0.6) is 0 Å². The molecule has 3 heterocycles. The predicted octanol–water partition coefficient (Wildman–Crippen LogP) is 1.99. The summed E-state index contributed by atoms with van der Waals surface area (Å²) in [5, 5.41) is 4.68. The molecule has 0 spiro atoms. The Hall–Kier alpha value is -1.36. The van der Waals surface area contributed by atoms with Gasteiger partial charge in [-0.2, -0.15) is 5.10 Å². The fraction of sp³-hybridized carbons (Fsp3) is 0.765. The van der Waals surface area contributed by atoms with Crippen molar-refractivity contribution in [3.8, 4) is 0 Å². The molecule has 1 amide bonds. The van der Waals surface area contributed by atoms with Gasteiger partial charge < -0.3 is 4.90 Å². The normalized spacial score (nSPS) is 26.1. The monoisotopic (exact) mass is 304 g/mol. The Morgan fingerprint density at radius 3 is 2.64 bits per heavy atom. The molecule has 5 nitrogen and oxygen atoms in total. The molecule has 3 rings (SSSR count). The number of piperidine rings is 1. The van der Waals surface area contributed by atoms with Crippen LogP contribution in [0.2, 0.25) is 0 Å². The van der Waals surface area contributed by atoms with E-state index in [0.717, 1.165) is 38.3 Å². The number of carbonyl (C=O) groups is 1. The van der Waals surface area contributed by atoms with Crippen LogP contribution < -0.4 is 0 Å². The Labute approximate surface area is 133 Å². The summed E-state index contributed by atoms with van der Waals surface area (Å²) < 4.78 is 2.12. The number of hydrogen-bond donors (Lipinski definition) is 0. The second kappa shape index (κ2) is 5.69. The summed E-state index contributed by atoms with van der Waals surface area (Å²) in [6, 6.07) is 0.392. The van der Waals surface area contributed by atoms with E-state index in [2.05, 4.69) is 42.4 Å². The summed E-state index contributed by atoms with van der Waals surface area (Å²) in [5.41, 5.74) is 3.74. The van der Waals surface area contributed by atoms with Crippen LogP contribution in [0.1, 0.15) is 43.3 Å². The van der Waals surface area contributed by atoms with Gasteiger partial charge in [0.1, 0.15) is 0 Å². The maximum atomic E-state index is 12.3. The minimum absolute atomic E-state index is 0.208. The lowest BCUT2D eigenvalue weighted by Crippen LogP contribution is -2.42. The van der Waals surface area contributed by atoms with Gasteiger partial charge in [-0.15, -0.1) is 0 Å². The largest absolute Gasteiger partial charge is 0.345 e. The van der Waals surface area contributed by atoms with Gasteiger partial charge in [0.25, 0.3) is 0 Å². The van der Waals surface area contributed by atoms with Gasteiger partial charge in [-0.25, -0.2) is 0 Å². The van der Waals surface area contributed by atoms with Crippen molar-refractivity contribution < 1.29 is 4.79 Å². The molecule has 0 unspecified atom stereocenters. The van der Waals surface area contributed by atoms with Gasteiger partial charge in [0.2, 0.25) is 5.91 Å². The average molecular weight is 304 g/mol. The Kier molecular flexibility index (Phi) is 4.02. The fourth-order valence-corrected chi connectivity index (χ4v) is 4.07. The van der Waals surface area contributed by atoms with E-state index in [1.807, 2.05) is 11.9 Å². The molecule has 1 aromatic heterocycles. The number of aromatic nitrogens is 2. The molecule has 2 aliphatic heterocycles. The first kappa shape index (κ1) is 15.5. The van der Waals surface area contributed by atoms with E-state index < -0.39 is 0 Å². The van der Waals surface area contributed by atoms with Crippen molar-refractivity contribution in [2.45, 2.75) is 46.7 Å². The second-order valence-electron chi connectivity index (χ2n) is 7.30. The van der Waals surface area contributed by atoms with Gasteiger partial charge >= 0.3 is 0 Å². The van der Waals surface area contributed by atoms with Crippen LogP contribution in [-0.2, 0) is 11.3 Å². The molecule has 0 saturated carbocycles. The Balaban J connectivity index is 1.74.